The fraction of sp³-hybridized carbons (Fsp3) is 0.857. The van der Waals surface area contributed by atoms with Crippen molar-refractivity contribution in [2.45, 2.75) is 51.6 Å². The first-order valence-corrected chi connectivity index (χ1v) is 7.27. The third-order valence-corrected chi connectivity index (χ3v) is 4.44. The van der Waals surface area contributed by atoms with E-state index in [1.54, 1.807) is 4.90 Å². The molecule has 0 aromatic carbocycles. The van der Waals surface area contributed by atoms with Crippen molar-refractivity contribution in [3.63, 3.8) is 0 Å². The number of hydrogen-bond donors (Lipinski definition) is 2. The Morgan fingerprint density at radius 2 is 2.00 bits per heavy atom. The number of likely N-dealkylation sites (tertiary alicyclic amines) is 1. The van der Waals surface area contributed by atoms with Gasteiger partial charge in [0.2, 0.25) is 5.91 Å². The second kappa shape index (κ2) is 5.90. The molecule has 2 fully saturated rings. The molecular weight excluding hydrogens is 244 g/mol. The van der Waals surface area contributed by atoms with E-state index in [-0.39, 0.29) is 17.7 Å². The van der Waals surface area contributed by atoms with Crippen molar-refractivity contribution in [2.24, 2.45) is 11.8 Å². The molecule has 0 aromatic heterocycles. The molecule has 0 radical (unpaired) electrons. The molecular formula is C14H24N2O3. The van der Waals surface area contributed by atoms with Crippen LogP contribution < -0.4 is 5.32 Å². The van der Waals surface area contributed by atoms with Gasteiger partial charge < -0.3 is 15.3 Å². The number of rotatable bonds is 2. The van der Waals surface area contributed by atoms with Gasteiger partial charge in [0, 0.05) is 18.5 Å². The normalized spacial score (nSPS) is 36.0. The monoisotopic (exact) mass is 268 g/mol. The van der Waals surface area contributed by atoms with E-state index in [4.69, 9.17) is 0 Å². The van der Waals surface area contributed by atoms with Crippen molar-refractivity contribution in [3.8, 4) is 0 Å². The summed E-state index contributed by atoms with van der Waals surface area (Å²) in [5.74, 6) is -0.771. The van der Waals surface area contributed by atoms with E-state index in [1.165, 1.54) is 0 Å². The molecule has 0 aliphatic carbocycles. The molecule has 2 N–H and O–H groups in total. The summed E-state index contributed by atoms with van der Waals surface area (Å²) in [6.45, 7) is 5.45. The van der Waals surface area contributed by atoms with Crippen LogP contribution in [0.4, 0.5) is 0 Å². The zero-order chi connectivity index (χ0) is 14.0. The van der Waals surface area contributed by atoms with Crippen LogP contribution in [0.1, 0.15) is 39.5 Å². The summed E-state index contributed by atoms with van der Waals surface area (Å²) in [6.07, 6.45) is 3.44. The van der Waals surface area contributed by atoms with Gasteiger partial charge in [-0.15, -0.1) is 0 Å². The Morgan fingerprint density at radius 1 is 1.26 bits per heavy atom. The molecule has 4 atom stereocenters. The summed E-state index contributed by atoms with van der Waals surface area (Å²) in [5.41, 5.74) is 0. The molecule has 2 aliphatic rings. The zero-order valence-electron chi connectivity index (χ0n) is 11.8. The van der Waals surface area contributed by atoms with Gasteiger partial charge >= 0.3 is 5.97 Å². The smallest absolute Gasteiger partial charge is 0.326 e. The Morgan fingerprint density at radius 3 is 2.63 bits per heavy atom. The van der Waals surface area contributed by atoms with Crippen LogP contribution >= 0.6 is 0 Å². The maximum atomic E-state index is 12.6. The van der Waals surface area contributed by atoms with Crippen molar-refractivity contribution in [2.75, 3.05) is 13.1 Å². The largest absolute Gasteiger partial charge is 0.480 e. The molecule has 19 heavy (non-hydrogen) atoms. The average molecular weight is 268 g/mol. The number of nitrogens with one attached hydrogen (secondary N) is 1. The predicted octanol–water partition coefficient (Wildman–Crippen LogP) is 1.09. The number of carboxylic acids is 1. The molecule has 2 heterocycles. The summed E-state index contributed by atoms with van der Waals surface area (Å²) in [7, 11) is 0. The number of hydrogen-bond acceptors (Lipinski definition) is 3. The number of carbonyl (C=O) groups is 2. The third-order valence-electron chi connectivity index (χ3n) is 4.44. The van der Waals surface area contributed by atoms with Gasteiger partial charge in [0.25, 0.3) is 0 Å². The van der Waals surface area contributed by atoms with Gasteiger partial charge in [-0.25, -0.2) is 4.79 Å². The lowest BCUT2D eigenvalue weighted by molar-refractivity contribution is -0.157. The molecule has 4 unspecified atom stereocenters. The Hall–Kier alpha value is -1.10. The van der Waals surface area contributed by atoms with Crippen molar-refractivity contribution >= 4 is 11.9 Å². The lowest BCUT2D eigenvalue weighted by Crippen LogP contribution is -2.55. The zero-order valence-corrected chi connectivity index (χ0v) is 11.8. The first-order valence-electron chi connectivity index (χ1n) is 7.27. The molecule has 1 amide bonds. The molecule has 2 rings (SSSR count). The molecule has 0 saturated carbocycles. The topological polar surface area (TPSA) is 69.6 Å². The van der Waals surface area contributed by atoms with Crippen molar-refractivity contribution < 1.29 is 14.7 Å². The maximum Gasteiger partial charge on any atom is 0.326 e. The molecule has 5 nitrogen and oxygen atoms in total. The first kappa shape index (κ1) is 14.3. The Balaban J connectivity index is 2.09. The Bertz CT molecular complexity index is 359. The number of piperidine rings is 2. The highest BCUT2D eigenvalue weighted by molar-refractivity contribution is 5.85. The third kappa shape index (κ3) is 3.08. The van der Waals surface area contributed by atoms with Gasteiger partial charge in [-0.05, 0) is 45.1 Å². The van der Waals surface area contributed by atoms with Crippen molar-refractivity contribution in [1.82, 2.24) is 10.2 Å². The van der Waals surface area contributed by atoms with Crippen LogP contribution in [-0.4, -0.2) is 47.1 Å². The SMILES string of the molecule is CC1CC(C(=O)N2CCCC(C)C2C(=O)O)CCN1. The van der Waals surface area contributed by atoms with Gasteiger partial charge in [0.15, 0.2) is 0 Å². The van der Waals surface area contributed by atoms with Crippen LogP contribution in [-0.2, 0) is 9.59 Å². The molecule has 2 saturated heterocycles. The van der Waals surface area contributed by atoms with Crippen LogP contribution in [0, 0.1) is 11.8 Å². The van der Waals surface area contributed by atoms with Gasteiger partial charge in [0.05, 0.1) is 0 Å². The highest BCUT2D eigenvalue weighted by atomic mass is 16.4. The summed E-state index contributed by atoms with van der Waals surface area (Å²) >= 11 is 0. The van der Waals surface area contributed by atoms with E-state index >= 15 is 0 Å². The molecule has 0 spiro atoms. The van der Waals surface area contributed by atoms with E-state index in [9.17, 15) is 14.7 Å². The average Bonchev–Trinajstić information content (AvgIpc) is 2.37. The number of carbonyl (C=O) groups excluding carboxylic acids is 1. The van der Waals surface area contributed by atoms with Crippen LogP contribution in [0.5, 0.6) is 0 Å². The fourth-order valence-electron chi connectivity index (χ4n) is 3.40. The Labute approximate surface area is 114 Å². The fourth-order valence-corrected chi connectivity index (χ4v) is 3.40. The minimum absolute atomic E-state index is 0.0107. The number of carboxylic acid groups (broad SMARTS) is 1. The number of amides is 1. The standard InChI is InChI=1S/C14H24N2O3/c1-9-4-3-7-16(12(9)14(18)19)13(17)11-5-6-15-10(2)8-11/h9-12,15H,3-8H2,1-2H3,(H,18,19). The lowest BCUT2D eigenvalue weighted by atomic mass is 9.87. The quantitative estimate of drug-likeness (QED) is 0.786. The summed E-state index contributed by atoms with van der Waals surface area (Å²) in [6, 6.07) is -0.292. The molecule has 5 heteroatoms. The summed E-state index contributed by atoms with van der Waals surface area (Å²) in [4.78, 5) is 25.6. The predicted molar refractivity (Wildman–Crippen MR) is 71.7 cm³/mol. The highest BCUT2D eigenvalue weighted by Crippen LogP contribution is 2.27. The van der Waals surface area contributed by atoms with E-state index < -0.39 is 12.0 Å². The summed E-state index contributed by atoms with van der Waals surface area (Å²) in [5, 5.41) is 12.7. The van der Waals surface area contributed by atoms with Gasteiger partial charge in [0.1, 0.15) is 6.04 Å². The van der Waals surface area contributed by atoms with E-state index in [0.717, 1.165) is 32.2 Å². The lowest BCUT2D eigenvalue weighted by Gasteiger charge is -2.40. The van der Waals surface area contributed by atoms with E-state index in [0.29, 0.717) is 12.6 Å². The first-order chi connectivity index (χ1) is 9.00. The molecule has 0 aromatic rings. The van der Waals surface area contributed by atoms with Crippen LogP contribution in [0.2, 0.25) is 0 Å². The molecule has 0 bridgehead atoms. The van der Waals surface area contributed by atoms with Gasteiger partial charge in [-0.1, -0.05) is 6.92 Å². The number of aliphatic carboxylic acids is 1. The van der Waals surface area contributed by atoms with E-state index in [2.05, 4.69) is 12.2 Å². The van der Waals surface area contributed by atoms with E-state index in [1.807, 2.05) is 6.92 Å². The van der Waals surface area contributed by atoms with Gasteiger partial charge in [-0.2, -0.15) is 0 Å². The van der Waals surface area contributed by atoms with Crippen LogP contribution in [0.3, 0.4) is 0 Å². The van der Waals surface area contributed by atoms with Crippen molar-refractivity contribution in [1.29, 1.82) is 0 Å². The van der Waals surface area contributed by atoms with Gasteiger partial charge in [-0.3, -0.25) is 4.79 Å². The van der Waals surface area contributed by atoms with Crippen molar-refractivity contribution in [3.05, 3.63) is 0 Å². The Kier molecular flexibility index (Phi) is 4.45. The minimum Gasteiger partial charge on any atom is -0.480 e. The molecule has 108 valence electrons. The summed E-state index contributed by atoms with van der Waals surface area (Å²) < 4.78 is 0. The second-order valence-electron chi connectivity index (χ2n) is 6.01. The number of nitrogens with zero attached hydrogens (tertiary/aromatic N) is 1. The van der Waals surface area contributed by atoms with Crippen LogP contribution in [0.25, 0.3) is 0 Å². The minimum atomic E-state index is -0.859. The molecule has 2 aliphatic heterocycles. The van der Waals surface area contributed by atoms with Crippen LogP contribution in [0.15, 0.2) is 0 Å². The highest BCUT2D eigenvalue weighted by Gasteiger charge is 2.39. The maximum absolute atomic E-state index is 12.6. The second-order valence-corrected chi connectivity index (χ2v) is 6.01.